The molecule has 0 aliphatic carbocycles. The second-order valence-corrected chi connectivity index (χ2v) is 4.78. The molecule has 0 radical (unpaired) electrons. The molecule has 7 heteroatoms. The Morgan fingerprint density at radius 2 is 2.11 bits per heavy atom. The van der Waals surface area contributed by atoms with Crippen LogP contribution in [0, 0.1) is 0 Å². The minimum atomic E-state index is -1.02. The average Bonchev–Trinajstić information content (AvgIpc) is 2.32. The number of carbonyl (C=O) groups excluding carboxylic acids is 1. The van der Waals surface area contributed by atoms with Crippen molar-refractivity contribution in [3.8, 4) is 0 Å². The van der Waals surface area contributed by atoms with Gasteiger partial charge in [0.15, 0.2) is 0 Å². The van der Waals surface area contributed by atoms with Gasteiger partial charge in [-0.2, -0.15) is 11.8 Å². The molecule has 0 saturated carbocycles. The lowest BCUT2D eigenvalue weighted by Crippen LogP contribution is -2.47. The molecule has 0 aromatic rings. The summed E-state index contributed by atoms with van der Waals surface area (Å²) in [5.41, 5.74) is 0. The van der Waals surface area contributed by atoms with Crippen LogP contribution in [0.2, 0.25) is 0 Å². The highest BCUT2D eigenvalue weighted by molar-refractivity contribution is 7.98. The Balaban J connectivity index is 3.98. The monoisotopic (exact) mass is 278 g/mol. The molecular weight excluding hydrogens is 256 g/mol. The smallest absolute Gasteiger partial charge is 0.326 e. The van der Waals surface area contributed by atoms with Crippen LogP contribution < -0.4 is 10.6 Å². The molecule has 18 heavy (non-hydrogen) atoms. The summed E-state index contributed by atoms with van der Waals surface area (Å²) in [7, 11) is 0. The summed E-state index contributed by atoms with van der Waals surface area (Å²) in [6, 6.07) is -1.32. The van der Waals surface area contributed by atoms with E-state index in [0.717, 1.165) is 0 Å². The van der Waals surface area contributed by atoms with E-state index < -0.39 is 18.0 Å². The lowest BCUT2D eigenvalue weighted by molar-refractivity contribution is -0.139. The number of carboxylic acids is 1. The largest absolute Gasteiger partial charge is 0.480 e. The number of carboxylic acid groups (broad SMARTS) is 1. The molecule has 6 nitrogen and oxygen atoms in total. The molecular formula is C11H22N2O4S. The van der Waals surface area contributed by atoms with Gasteiger partial charge in [0.1, 0.15) is 6.04 Å². The molecule has 0 aromatic carbocycles. The van der Waals surface area contributed by atoms with Crippen LogP contribution in [-0.4, -0.2) is 54.4 Å². The normalized spacial score (nSPS) is 13.7. The van der Waals surface area contributed by atoms with E-state index in [2.05, 4.69) is 10.6 Å². The summed E-state index contributed by atoms with van der Waals surface area (Å²) in [6.07, 6.45) is 2.21. The maximum Gasteiger partial charge on any atom is 0.326 e. The Bertz CT molecular complexity index is 263. The molecule has 0 saturated heterocycles. The molecule has 0 aliphatic heterocycles. The second kappa shape index (κ2) is 10.0. The summed E-state index contributed by atoms with van der Waals surface area (Å²) in [5.74, 6) is -0.330. The van der Waals surface area contributed by atoms with Crippen molar-refractivity contribution in [2.24, 2.45) is 0 Å². The van der Waals surface area contributed by atoms with Gasteiger partial charge in [0.05, 0.1) is 6.10 Å². The van der Waals surface area contributed by atoms with Crippen LogP contribution in [-0.2, 0) is 9.53 Å². The highest BCUT2D eigenvalue weighted by Crippen LogP contribution is 2.00. The predicted octanol–water partition coefficient (Wildman–Crippen LogP) is 0.917. The van der Waals surface area contributed by atoms with E-state index in [1.165, 1.54) is 0 Å². The number of hydrogen-bond donors (Lipinski definition) is 3. The Morgan fingerprint density at radius 3 is 2.61 bits per heavy atom. The highest BCUT2D eigenvalue weighted by atomic mass is 32.2. The standard InChI is InChI=1S/C11H22N2O4S/c1-4-17-8(2)7-12-11(16)13-9(10(14)15)5-6-18-3/h8-9H,4-7H2,1-3H3,(H,14,15)(H2,12,13,16). The van der Waals surface area contributed by atoms with Crippen LogP contribution in [0.4, 0.5) is 4.79 Å². The van der Waals surface area contributed by atoms with E-state index in [1.54, 1.807) is 11.8 Å². The Morgan fingerprint density at radius 1 is 1.44 bits per heavy atom. The van der Waals surface area contributed by atoms with Crippen LogP contribution in [0.15, 0.2) is 0 Å². The van der Waals surface area contributed by atoms with E-state index in [4.69, 9.17) is 9.84 Å². The van der Waals surface area contributed by atoms with Crippen molar-refractivity contribution in [1.29, 1.82) is 0 Å². The molecule has 0 fully saturated rings. The highest BCUT2D eigenvalue weighted by Gasteiger charge is 2.19. The van der Waals surface area contributed by atoms with Crippen molar-refractivity contribution in [2.45, 2.75) is 32.4 Å². The van der Waals surface area contributed by atoms with Crippen molar-refractivity contribution < 1.29 is 19.4 Å². The average molecular weight is 278 g/mol. The number of ether oxygens (including phenoxy) is 1. The predicted molar refractivity (Wildman–Crippen MR) is 72.0 cm³/mol. The van der Waals surface area contributed by atoms with Gasteiger partial charge in [0, 0.05) is 13.2 Å². The molecule has 2 unspecified atom stereocenters. The summed E-state index contributed by atoms with van der Waals surface area (Å²) in [6.45, 7) is 4.65. The lowest BCUT2D eigenvalue weighted by Gasteiger charge is -2.16. The number of thioether (sulfide) groups is 1. The summed E-state index contributed by atoms with van der Waals surface area (Å²) >= 11 is 1.54. The first-order valence-electron chi connectivity index (χ1n) is 5.89. The fourth-order valence-corrected chi connectivity index (χ4v) is 1.75. The maximum absolute atomic E-state index is 11.5. The van der Waals surface area contributed by atoms with Crippen molar-refractivity contribution in [3.05, 3.63) is 0 Å². The van der Waals surface area contributed by atoms with E-state index >= 15 is 0 Å². The Kier molecular flexibility index (Phi) is 9.49. The molecule has 0 rings (SSSR count). The molecule has 2 amide bonds. The van der Waals surface area contributed by atoms with Gasteiger partial charge in [0.2, 0.25) is 0 Å². The summed E-state index contributed by atoms with van der Waals surface area (Å²) in [5, 5.41) is 13.9. The quantitative estimate of drug-likeness (QED) is 0.583. The van der Waals surface area contributed by atoms with Crippen LogP contribution in [0.5, 0.6) is 0 Å². The minimum absolute atomic E-state index is 0.0878. The summed E-state index contributed by atoms with van der Waals surface area (Å²) < 4.78 is 5.25. The van der Waals surface area contributed by atoms with Gasteiger partial charge in [-0.1, -0.05) is 0 Å². The van der Waals surface area contributed by atoms with Crippen molar-refractivity contribution in [2.75, 3.05) is 25.2 Å². The van der Waals surface area contributed by atoms with Gasteiger partial charge < -0.3 is 20.5 Å². The zero-order valence-corrected chi connectivity index (χ0v) is 11.9. The zero-order valence-electron chi connectivity index (χ0n) is 11.1. The molecule has 106 valence electrons. The van der Waals surface area contributed by atoms with Crippen molar-refractivity contribution in [1.82, 2.24) is 10.6 Å². The first-order chi connectivity index (χ1) is 8.51. The number of urea groups is 1. The van der Waals surface area contributed by atoms with Gasteiger partial charge in [0.25, 0.3) is 0 Å². The van der Waals surface area contributed by atoms with Crippen molar-refractivity contribution >= 4 is 23.8 Å². The number of carbonyl (C=O) groups is 2. The lowest BCUT2D eigenvalue weighted by atomic mass is 10.2. The number of rotatable bonds is 9. The number of aliphatic carboxylic acids is 1. The van der Waals surface area contributed by atoms with E-state index in [1.807, 2.05) is 20.1 Å². The molecule has 3 N–H and O–H groups in total. The van der Waals surface area contributed by atoms with Crippen molar-refractivity contribution in [3.63, 3.8) is 0 Å². The van der Waals surface area contributed by atoms with E-state index in [9.17, 15) is 9.59 Å². The third-order valence-electron chi connectivity index (χ3n) is 2.22. The van der Waals surface area contributed by atoms with Gasteiger partial charge in [-0.3, -0.25) is 0 Å². The van der Waals surface area contributed by atoms with Crippen LogP contribution in [0.1, 0.15) is 20.3 Å². The number of hydrogen-bond acceptors (Lipinski definition) is 4. The SMILES string of the molecule is CCOC(C)CNC(=O)NC(CCSC)C(=O)O. The molecule has 2 atom stereocenters. The van der Waals surface area contributed by atoms with E-state index in [-0.39, 0.29) is 6.10 Å². The van der Waals surface area contributed by atoms with Crippen LogP contribution in [0.25, 0.3) is 0 Å². The van der Waals surface area contributed by atoms with Gasteiger partial charge in [-0.25, -0.2) is 9.59 Å². The van der Waals surface area contributed by atoms with Gasteiger partial charge in [-0.15, -0.1) is 0 Å². The molecule has 0 spiro atoms. The molecule has 0 bridgehead atoms. The number of nitrogens with one attached hydrogen (secondary N) is 2. The third-order valence-corrected chi connectivity index (χ3v) is 2.86. The third kappa shape index (κ3) is 8.19. The van der Waals surface area contributed by atoms with Crippen LogP contribution >= 0.6 is 11.8 Å². The molecule has 0 aromatic heterocycles. The summed E-state index contributed by atoms with van der Waals surface area (Å²) in [4.78, 5) is 22.4. The minimum Gasteiger partial charge on any atom is -0.480 e. The first-order valence-corrected chi connectivity index (χ1v) is 7.28. The van der Waals surface area contributed by atoms with Crippen LogP contribution in [0.3, 0.4) is 0 Å². The topological polar surface area (TPSA) is 87.7 Å². The molecule has 0 aliphatic rings. The second-order valence-electron chi connectivity index (χ2n) is 3.79. The Labute approximate surface area is 112 Å². The molecule has 0 heterocycles. The maximum atomic E-state index is 11.5. The zero-order chi connectivity index (χ0) is 14.0. The Hall–Kier alpha value is -0.950. The van der Waals surface area contributed by atoms with E-state index in [0.29, 0.717) is 25.3 Å². The number of amides is 2. The van der Waals surface area contributed by atoms with Gasteiger partial charge >= 0.3 is 12.0 Å². The fraction of sp³-hybridized carbons (Fsp3) is 0.818. The fourth-order valence-electron chi connectivity index (χ4n) is 1.28. The first kappa shape index (κ1) is 17.1. The van der Waals surface area contributed by atoms with Gasteiger partial charge in [-0.05, 0) is 32.3 Å².